The van der Waals surface area contributed by atoms with Gasteiger partial charge < -0.3 is 15.7 Å². The Morgan fingerprint density at radius 1 is 1.09 bits per heavy atom. The lowest BCUT2D eigenvalue weighted by atomic mass is 10.2. The van der Waals surface area contributed by atoms with Crippen molar-refractivity contribution >= 4 is 49.4 Å². The molecular formula is C16H14Br2N2O3. The van der Waals surface area contributed by atoms with E-state index in [0.717, 1.165) is 10.0 Å². The van der Waals surface area contributed by atoms with Gasteiger partial charge in [-0.3, -0.25) is 9.59 Å². The van der Waals surface area contributed by atoms with Crippen molar-refractivity contribution in [1.82, 2.24) is 5.32 Å². The second kappa shape index (κ2) is 7.61. The highest BCUT2D eigenvalue weighted by Gasteiger charge is 2.13. The van der Waals surface area contributed by atoms with Gasteiger partial charge in [-0.15, -0.1) is 0 Å². The van der Waals surface area contributed by atoms with Gasteiger partial charge in [0.1, 0.15) is 5.75 Å². The Balaban J connectivity index is 1.96. The van der Waals surface area contributed by atoms with Gasteiger partial charge in [0, 0.05) is 14.6 Å². The second-order valence-electron chi connectivity index (χ2n) is 4.85. The number of rotatable bonds is 4. The lowest BCUT2D eigenvalue weighted by Crippen LogP contribution is -2.33. The molecule has 2 aromatic rings. The maximum absolute atomic E-state index is 12.0. The van der Waals surface area contributed by atoms with Crippen molar-refractivity contribution in [1.29, 1.82) is 0 Å². The molecule has 0 atom stereocenters. The fourth-order valence-electron chi connectivity index (χ4n) is 1.91. The standard InChI is InChI=1S/C16H14Br2N2O3/c1-9-6-10(17)2-4-13(9)20-15(22)8-19-16(23)12-7-11(18)3-5-14(12)21/h2-7,21H,8H2,1H3,(H,19,23)(H,20,22). The van der Waals surface area contributed by atoms with E-state index in [9.17, 15) is 14.7 Å². The van der Waals surface area contributed by atoms with E-state index in [1.807, 2.05) is 19.1 Å². The minimum atomic E-state index is -0.522. The third-order valence-corrected chi connectivity index (χ3v) is 4.06. The molecule has 23 heavy (non-hydrogen) atoms. The number of halogens is 2. The van der Waals surface area contributed by atoms with Crippen molar-refractivity contribution in [2.45, 2.75) is 6.92 Å². The van der Waals surface area contributed by atoms with E-state index in [0.29, 0.717) is 10.2 Å². The Hall–Kier alpha value is -1.86. The summed E-state index contributed by atoms with van der Waals surface area (Å²) in [5, 5.41) is 14.9. The number of carbonyl (C=O) groups excluding carboxylic acids is 2. The van der Waals surface area contributed by atoms with Gasteiger partial charge >= 0.3 is 0 Å². The van der Waals surface area contributed by atoms with Crippen molar-refractivity contribution in [3.63, 3.8) is 0 Å². The number of carbonyl (C=O) groups is 2. The van der Waals surface area contributed by atoms with Crippen LogP contribution in [0.3, 0.4) is 0 Å². The maximum Gasteiger partial charge on any atom is 0.255 e. The lowest BCUT2D eigenvalue weighted by Gasteiger charge is -2.10. The number of nitrogens with one attached hydrogen (secondary N) is 2. The van der Waals surface area contributed by atoms with Crippen LogP contribution in [-0.2, 0) is 4.79 Å². The molecule has 3 N–H and O–H groups in total. The van der Waals surface area contributed by atoms with E-state index in [-0.39, 0.29) is 23.8 Å². The molecular weight excluding hydrogens is 428 g/mol. The zero-order valence-corrected chi connectivity index (χ0v) is 15.4. The Morgan fingerprint density at radius 2 is 1.74 bits per heavy atom. The topological polar surface area (TPSA) is 78.4 Å². The lowest BCUT2D eigenvalue weighted by molar-refractivity contribution is -0.115. The molecule has 2 amide bonds. The molecule has 0 bridgehead atoms. The first-order valence-electron chi connectivity index (χ1n) is 6.69. The van der Waals surface area contributed by atoms with Crippen LogP contribution in [0.4, 0.5) is 5.69 Å². The summed E-state index contributed by atoms with van der Waals surface area (Å²) in [5.41, 5.74) is 1.69. The van der Waals surface area contributed by atoms with Gasteiger partial charge in [0.2, 0.25) is 5.91 Å². The molecule has 0 aliphatic carbocycles. The van der Waals surface area contributed by atoms with E-state index in [1.54, 1.807) is 12.1 Å². The maximum atomic E-state index is 12.0. The molecule has 0 saturated carbocycles. The van der Waals surface area contributed by atoms with Crippen LogP contribution in [0.15, 0.2) is 45.3 Å². The Bertz CT molecular complexity index is 763. The van der Waals surface area contributed by atoms with E-state index >= 15 is 0 Å². The smallest absolute Gasteiger partial charge is 0.255 e. The quantitative estimate of drug-likeness (QED) is 0.678. The van der Waals surface area contributed by atoms with Crippen molar-refractivity contribution in [2.75, 3.05) is 11.9 Å². The summed E-state index contributed by atoms with van der Waals surface area (Å²) in [5.74, 6) is -1.01. The molecule has 0 saturated heterocycles. The molecule has 0 aromatic heterocycles. The monoisotopic (exact) mass is 440 g/mol. The predicted molar refractivity (Wildman–Crippen MR) is 95.6 cm³/mol. The number of hydrogen-bond donors (Lipinski definition) is 3. The summed E-state index contributed by atoms with van der Waals surface area (Å²) < 4.78 is 1.59. The molecule has 120 valence electrons. The zero-order chi connectivity index (χ0) is 17.0. The van der Waals surface area contributed by atoms with Gasteiger partial charge in [-0.2, -0.15) is 0 Å². The summed E-state index contributed by atoms with van der Waals surface area (Å²) in [4.78, 5) is 23.9. The number of aryl methyl sites for hydroxylation is 1. The average Bonchev–Trinajstić information content (AvgIpc) is 2.50. The van der Waals surface area contributed by atoms with E-state index in [2.05, 4.69) is 42.5 Å². The van der Waals surface area contributed by atoms with Crippen molar-refractivity contribution < 1.29 is 14.7 Å². The highest BCUT2D eigenvalue weighted by Crippen LogP contribution is 2.22. The molecule has 0 aliphatic rings. The van der Waals surface area contributed by atoms with Crippen molar-refractivity contribution in [3.05, 3.63) is 56.5 Å². The molecule has 0 radical (unpaired) electrons. The van der Waals surface area contributed by atoms with Gasteiger partial charge in [-0.1, -0.05) is 31.9 Å². The van der Waals surface area contributed by atoms with Gasteiger partial charge in [-0.05, 0) is 48.9 Å². The van der Waals surface area contributed by atoms with Gasteiger partial charge in [0.25, 0.3) is 5.91 Å². The summed E-state index contributed by atoms with van der Waals surface area (Å²) >= 11 is 6.58. The van der Waals surface area contributed by atoms with Crippen LogP contribution in [0.1, 0.15) is 15.9 Å². The molecule has 0 spiro atoms. The summed E-state index contributed by atoms with van der Waals surface area (Å²) in [6, 6.07) is 9.99. The number of anilines is 1. The molecule has 0 aliphatic heterocycles. The first-order valence-corrected chi connectivity index (χ1v) is 8.28. The van der Waals surface area contributed by atoms with Crippen LogP contribution in [0.2, 0.25) is 0 Å². The van der Waals surface area contributed by atoms with Gasteiger partial charge in [-0.25, -0.2) is 0 Å². The summed E-state index contributed by atoms with van der Waals surface area (Å²) in [6.45, 7) is 1.68. The van der Waals surface area contributed by atoms with Crippen LogP contribution >= 0.6 is 31.9 Å². The number of hydrogen-bond acceptors (Lipinski definition) is 3. The largest absolute Gasteiger partial charge is 0.507 e. The third-order valence-electron chi connectivity index (χ3n) is 3.08. The Labute approximate surface area is 150 Å². The first-order chi connectivity index (χ1) is 10.9. The fraction of sp³-hybridized carbons (Fsp3) is 0.125. The molecule has 7 heteroatoms. The molecule has 2 rings (SSSR count). The minimum absolute atomic E-state index is 0.104. The second-order valence-corrected chi connectivity index (χ2v) is 6.68. The predicted octanol–water partition coefficient (Wildman–Crippen LogP) is 3.59. The van der Waals surface area contributed by atoms with Crippen LogP contribution in [0.5, 0.6) is 5.75 Å². The molecule has 5 nitrogen and oxygen atoms in total. The van der Waals surface area contributed by atoms with Crippen LogP contribution in [0, 0.1) is 6.92 Å². The number of benzene rings is 2. The minimum Gasteiger partial charge on any atom is -0.507 e. The normalized spacial score (nSPS) is 10.2. The van der Waals surface area contributed by atoms with E-state index in [1.165, 1.54) is 12.1 Å². The number of amides is 2. The van der Waals surface area contributed by atoms with E-state index < -0.39 is 5.91 Å². The number of phenolic OH excluding ortho intramolecular Hbond substituents is 1. The highest BCUT2D eigenvalue weighted by molar-refractivity contribution is 9.10. The number of phenols is 1. The van der Waals surface area contributed by atoms with Gasteiger partial charge in [0.05, 0.1) is 12.1 Å². The van der Waals surface area contributed by atoms with Gasteiger partial charge in [0.15, 0.2) is 0 Å². The third kappa shape index (κ3) is 4.80. The van der Waals surface area contributed by atoms with Crippen LogP contribution < -0.4 is 10.6 Å². The molecule has 0 unspecified atom stereocenters. The van der Waals surface area contributed by atoms with E-state index in [4.69, 9.17) is 0 Å². The number of aromatic hydroxyl groups is 1. The molecule has 0 fully saturated rings. The van der Waals surface area contributed by atoms with Crippen LogP contribution in [-0.4, -0.2) is 23.5 Å². The average molecular weight is 442 g/mol. The van der Waals surface area contributed by atoms with Crippen molar-refractivity contribution in [2.24, 2.45) is 0 Å². The van der Waals surface area contributed by atoms with Crippen molar-refractivity contribution in [3.8, 4) is 5.75 Å². The zero-order valence-electron chi connectivity index (χ0n) is 12.2. The Morgan fingerprint density at radius 3 is 2.43 bits per heavy atom. The fourth-order valence-corrected chi connectivity index (χ4v) is 2.74. The van der Waals surface area contributed by atoms with Crippen LogP contribution in [0.25, 0.3) is 0 Å². The Kier molecular flexibility index (Phi) is 5.79. The summed E-state index contributed by atoms with van der Waals surface area (Å²) in [7, 11) is 0. The molecule has 2 aromatic carbocycles. The first kappa shape index (κ1) is 17.5. The molecule has 0 heterocycles. The highest BCUT2D eigenvalue weighted by atomic mass is 79.9. The SMILES string of the molecule is Cc1cc(Br)ccc1NC(=O)CNC(=O)c1cc(Br)ccc1O. The summed E-state index contributed by atoms with van der Waals surface area (Å²) in [6.07, 6.45) is 0.